The first-order chi connectivity index (χ1) is 9.58. The van der Waals surface area contributed by atoms with Crippen LogP contribution in [-0.2, 0) is 17.6 Å². The number of carbonyl (C=O) groups is 2. The quantitative estimate of drug-likeness (QED) is 0.792. The van der Waals surface area contributed by atoms with Crippen LogP contribution in [0.15, 0.2) is 5.38 Å². The average molecular weight is 313 g/mol. The molecule has 1 aromatic rings. The summed E-state index contributed by atoms with van der Waals surface area (Å²) >= 11 is 3.01. The summed E-state index contributed by atoms with van der Waals surface area (Å²) in [5.74, 6) is 0.586. The lowest BCUT2D eigenvalue weighted by atomic mass is 9.88. The number of fused-ring (bicyclic) bond motifs is 1. The van der Waals surface area contributed by atoms with Crippen LogP contribution in [0.1, 0.15) is 34.1 Å². The molecule has 1 aliphatic carbocycles. The number of nitrogens with one attached hydrogen (secondary N) is 1. The number of amides is 1. The maximum Gasteiger partial charge on any atom is 0.313 e. The summed E-state index contributed by atoms with van der Waals surface area (Å²) in [7, 11) is 0. The predicted molar refractivity (Wildman–Crippen MR) is 82.8 cm³/mol. The Morgan fingerprint density at radius 3 is 3.10 bits per heavy atom. The van der Waals surface area contributed by atoms with Gasteiger partial charge in [0.15, 0.2) is 0 Å². The van der Waals surface area contributed by atoms with Gasteiger partial charge in [0.2, 0.25) is 0 Å². The van der Waals surface area contributed by atoms with Gasteiger partial charge in [0.25, 0.3) is 5.91 Å². The molecule has 0 spiro atoms. The fourth-order valence-electron chi connectivity index (χ4n) is 2.36. The molecule has 0 aromatic carbocycles. The first kappa shape index (κ1) is 15.4. The van der Waals surface area contributed by atoms with E-state index in [0.29, 0.717) is 18.2 Å². The second-order valence-corrected chi connectivity index (χ2v) is 7.17. The number of carboxylic acid groups (broad SMARTS) is 1. The molecule has 0 radical (unpaired) electrons. The lowest BCUT2D eigenvalue weighted by molar-refractivity contribution is -0.133. The van der Waals surface area contributed by atoms with Crippen molar-refractivity contribution in [2.45, 2.75) is 26.2 Å². The number of thiophene rings is 1. The second kappa shape index (κ2) is 7.13. The lowest BCUT2D eigenvalue weighted by Gasteiger charge is -2.18. The highest BCUT2D eigenvalue weighted by Crippen LogP contribution is 2.32. The minimum Gasteiger partial charge on any atom is -0.481 e. The van der Waals surface area contributed by atoms with Crippen LogP contribution in [0, 0.1) is 5.92 Å². The van der Waals surface area contributed by atoms with E-state index in [1.807, 2.05) is 5.38 Å². The van der Waals surface area contributed by atoms with E-state index in [1.165, 1.54) is 22.2 Å². The predicted octanol–water partition coefficient (Wildman–Crippen LogP) is 2.42. The van der Waals surface area contributed by atoms with E-state index in [1.54, 1.807) is 11.3 Å². The van der Waals surface area contributed by atoms with Gasteiger partial charge < -0.3 is 10.4 Å². The number of rotatable bonds is 6. The average Bonchev–Trinajstić information content (AvgIpc) is 2.80. The van der Waals surface area contributed by atoms with Crippen LogP contribution in [0.4, 0.5) is 0 Å². The summed E-state index contributed by atoms with van der Waals surface area (Å²) in [6.45, 7) is 2.76. The van der Waals surface area contributed by atoms with Crippen molar-refractivity contribution in [2.24, 2.45) is 5.92 Å². The Morgan fingerprint density at radius 2 is 2.35 bits per heavy atom. The molecule has 1 aromatic heterocycles. The number of carbonyl (C=O) groups excluding carboxylic acids is 1. The molecule has 1 aliphatic rings. The molecular formula is C14H19NO3S2. The van der Waals surface area contributed by atoms with Gasteiger partial charge in [0.05, 0.1) is 11.3 Å². The Kier molecular flexibility index (Phi) is 5.48. The van der Waals surface area contributed by atoms with Gasteiger partial charge in [-0.1, -0.05) is 6.92 Å². The molecule has 4 nitrogen and oxygen atoms in total. The molecule has 2 N–H and O–H groups in total. The Bertz CT molecular complexity index is 499. The fraction of sp³-hybridized carbons (Fsp3) is 0.571. The molecule has 6 heteroatoms. The highest BCUT2D eigenvalue weighted by molar-refractivity contribution is 7.99. The summed E-state index contributed by atoms with van der Waals surface area (Å²) in [4.78, 5) is 23.8. The van der Waals surface area contributed by atoms with E-state index < -0.39 is 5.97 Å². The van der Waals surface area contributed by atoms with Crippen molar-refractivity contribution in [3.8, 4) is 0 Å². The van der Waals surface area contributed by atoms with Crippen molar-refractivity contribution >= 4 is 35.0 Å². The molecular weight excluding hydrogens is 294 g/mol. The Hall–Kier alpha value is -1.01. The first-order valence-corrected chi connectivity index (χ1v) is 8.78. The summed E-state index contributed by atoms with van der Waals surface area (Å²) in [5.41, 5.74) is 2.05. The molecule has 1 atom stereocenters. The molecule has 1 unspecified atom stereocenters. The normalized spacial score (nSPS) is 17.6. The number of hydrogen-bond acceptors (Lipinski definition) is 4. The van der Waals surface area contributed by atoms with Crippen molar-refractivity contribution in [3.05, 3.63) is 21.4 Å². The van der Waals surface area contributed by atoms with Crippen LogP contribution in [0.25, 0.3) is 0 Å². The van der Waals surface area contributed by atoms with Gasteiger partial charge in [0, 0.05) is 22.6 Å². The van der Waals surface area contributed by atoms with Gasteiger partial charge in [-0.2, -0.15) is 0 Å². The molecule has 20 heavy (non-hydrogen) atoms. The van der Waals surface area contributed by atoms with Crippen molar-refractivity contribution < 1.29 is 14.7 Å². The highest BCUT2D eigenvalue weighted by atomic mass is 32.2. The lowest BCUT2D eigenvalue weighted by Crippen LogP contribution is -2.27. The fourth-order valence-corrected chi connectivity index (χ4v) is 4.17. The smallest absolute Gasteiger partial charge is 0.313 e. The molecule has 0 fully saturated rings. The molecule has 0 saturated heterocycles. The minimum absolute atomic E-state index is 0.0204. The van der Waals surface area contributed by atoms with Crippen molar-refractivity contribution in [1.29, 1.82) is 0 Å². The van der Waals surface area contributed by atoms with Crippen molar-refractivity contribution in [2.75, 3.05) is 18.1 Å². The van der Waals surface area contributed by atoms with Gasteiger partial charge in [-0.05, 0) is 30.7 Å². The van der Waals surface area contributed by atoms with Crippen LogP contribution in [0.5, 0.6) is 0 Å². The molecule has 1 heterocycles. The highest BCUT2D eigenvalue weighted by Gasteiger charge is 2.22. The van der Waals surface area contributed by atoms with Crippen LogP contribution in [0.2, 0.25) is 0 Å². The third-order valence-corrected chi connectivity index (χ3v) is 5.40. The summed E-state index contributed by atoms with van der Waals surface area (Å²) in [6, 6.07) is 0. The van der Waals surface area contributed by atoms with E-state index in [4.69, 9.17) is 5.11 Å². The Balaban J connectivity index is 1.83. The number of aliphatic carboxylic acids is 1. The largest absolute Gasteiger partial charge is 0.481 e. The maximum atomic E-state index is 12.1. The van der Waals surface area contributed by atoms with Gasteiger partial charge >= 0.3 is 5.97 Å². The van der Waals surface area contributed by atoms with Gasteiger partial charge in [-0.3, -0.25) is 9.59 Å². The van der Waals surface area contributed by atoms with Crippen LogP contribution in [-0.4, -0.2) is 35.0 Å². The zero-order valence-electron chi connectivity index (χ0n) is 11.5. The van der Waals surface area contributed by atoms with E-state index in [0.717, 1.165) is 24.8 Å². The van der Waals surface area contributed by atoms with Gasteiger partial charge in [-0.15, -0.1) is 23.1 Å². The summed E-state index contributed by atoms with van der Waals surface area (Å²) in [6.07, 6.45) is 3.23. The van der Waals surface area contributed by atoms with Gasteiger partial charge in [0.1, 0.15) is 0 Å². The molecule has 2 rings (SSSR count). The number of hydrogen-bond donors (Lipinski definition) is 2. The molecule has 0 saturated carbocycles. The molecule has 110 valence electrons. The van der Waals surface area contributed by atoms with Crippen LogP contribution in [0.3, 0.4) is 0 Å². The first-order valence-electron chi connectivity index (χ1n) is 6.75. The SMILES string of the molecule is CC1CCc2c(C(=O)NCCSCC(=O)O)csc2C1. The van der Waals surface area contributed by atoms with Crippen LogP contribution >= 0.6 is 23.1 Å². The van der Waals surface area contributed by atoms with E-state index >= 15 is 0 Å². The van der Waals surface area contributed by atoms with Crippen molar-refractivity contribution in [3.63, 3.8) is 0 Å². The summed E-state index contributed by atoms with van der Waals surface area (Å²) < 4.78 is 0. The Morgan fingerprint density at radius 1 is 1.55 bits per heavy atom. The topological polar surface area (TPSA) is 66.4 Å². The zero-order valence-corrected chi connectivity index (χ0v) is 13.1. The summed E-state index contributed by atoms with van der Waals surface area (Å²) in [5, 5.41) is 13.4. The number of carboxylic acids is 1. The zero-order chi connectivity index (χ0) is 14.5. The third-order valence-electron chi connectivity index (χ3n) is 3.40. The maximum absolute atomic E-state index is 12.1. The monoisotopic (exact) mass is 313 g/mol. The number of thioether (sulfide) groups is 1. The van der Waals surface area contributed by atoms with E-state index in [2.05, 4.69) is 12.2 Å². The molecule has 1 amide bonds. The van der Waals surface area contributed by atoms with Gasteiger partial charge in [-0.25, -0.2) is 0 Å². The molecule has 0 bridgehead atoms. The minimum atomic E-state index is -0.817. The van der Waals surface area contributed by atoms with E-state index in [9.17, 15) is 9.59 Å². The third kappa shape index (κ3) is 3.99. The van der Waals surface area contributed by atoms with Crippen molar-refractivity contribution in [1.82, 2.24) is 5.32 Å². The second-order valence-electron chi connectivity index (χ2n) is 5.10. The van der Waals surface area contributed by atoms with Crippen LogP contribution < -0.4 is 5.32 Å². The standard InChI is InChI=1S/C14H19NO3S2/c1-9-2-3-10-11(7-20-12(10)6-9)14(18)15-4-5-19-8-13(16)17/h7,9H,2-6,8H2,1H3,(H,15,18)(H,16,17). The Labute approximate surface area is 127 Å². The van der Waals surface area contributed by atoms with E-state index in [-0.39, 0.29) is 11.7 Å². The molecule has 0 aliphatic heterocycles.